The van der Waals surface area contributed by atoms with Crippen molar-refractivity contribution in [3.05, 3.63) is 65.5 Å². The third-order valence-electron chi connectivity index (χ3n) is 2.72. The van der Waals surface area contributed by atoms with Gasteiger partial charge in [-0.05, 0) is 30.2 Å². The summed E-state index contributed by atoms with van der Waals surface area (Å²) < 4.78 is 28.3. The average Bonchev–Trinajstić information content (AvgIpc) is 2.40. The zero-order valence-electron chi connectivity index (χ0n) is 9.53. The third kappa shape index (κ3) is 2.33. The van der Waals surface area contributed by atoms with Crippen LogP contribution in [0.4, 0.5) is 8.78 Å². The molecule has 3 heteroatoms. The topological polar surface area (TPSA) is 12.9 Å². The minimum Gasteiger partial charge on any atom is -0.264 e. The summed E-state index contributed by atoms with van der Waals surface area (Å²) in [6.07, 6.45) is 3.44. The van der Waals surface area contributed by atoms with Gasteiger partial charge in [0.15, 0.2) is 0 Å². The molecule has 0 saturated heterocycles. The van der Waals surface area contributed by atoms with Crippen LogP contribution in [0.15, 0.2) is 48.8 Å². The predicted octanol–water partition coefficient (Wildman–Crippen LogP) is 3.78. The number of aryl methyl sites for hydroxylation is 1. The molecule has 0 radical (unpaired) electrons. The zero-order chi connectivity index (χ0) is 12.3. The highest BCUT2D eigenvalue weighted by Crippen LogP contribution is 2.35. The van der Waals surface area contributed by atoms with E-state index in [0.29, 0.717) is 0 Å². The van der Waals surface area contributed by atoms with E-state index in [4.69, 9.17) is 0 Å². The van der Waals surface area contributed by atoms with E-state index >= 15 is 0 Å². The van der Waals surface area contributed by atoms with Gasteiger partial charge in [-0.3, -0.25) is 4.98 Å². The number of benzene rings is 1. The maximum absolute atomic E-state index is 14.2. The number of hydrogen-bond donors (Lipinski definition) is 0. The molecule has 0 amide bonds. The molecule has 0 atom stereocenters. The smallest absolute Gasteiger partial charge is 0.264 e. The lowest BCUT2D eigenvalue weighted by Gasteiger charge is -2.17. The summed E-state index contributed by atoms with van der Waals surface area (Å²) in [7, 11) is 0. The Morgan fingerprint density at radius 2 is 1.88 bits per heavy atom. The van der Waals surface area contributed by atoms with Crippen LogP contribution in [0.25, 0.3) is 0 Å². The molecule has 0 N–H and O–H groups in total. The van der Waals surface area contributed by atoms with E-state index in [0.717, 1.165) is 12.0 Å². The second-order valence-electron chi connectivity index (χ2n) is 3.87. The molecule has 0 aliphatic carbocycles. The molecule has 0 unspecified atom stereocenters. The molecule has 2 rings (SSSR count). The highest BCUT2D eigenvalue weighted by atomic mass is 19.3. The van der Waals surface area contributed by atoms with Crippen LogP contribution in [0.3, 0.4) is 0 Å². The van der Waals surface area contributed by atoms with E-state index in [9.17, 15) is 8.78 Å². The highest BCUT2D eigenvalue weighted by molar-refractivity contribution is 5.34. The number of pyridine rings is 1. The third-order valence-corrected chi connectivity index (χ3v) is 2.72. The Balaban J connectivity index is 2.44. The Morgan fingerprint density at radius 1 is 1.12 bits per heavy atom. The van der Waals surface area contributed by atoms with Crippen molar-refractivity contribution in [2.24, 2.45) is 0 Å². The van der Waals surface area contributed by atoms with Gasteiger partial charge in [0.25, 0.3) is 5.92 Å². The van der Waals surface area contributed by atoms with Gasteiger partial charge in [0.2, 0.25) is 0 Å². The predicted molar refractivity (Wildman–Crippen MR) is 63.1 cm³/mol. The van der Waals surface area contributed by atoms with Crippen molar-refractivity contribution in [1.82, 2.24) is 4.98 Å². The Morgan fingerprint density at radius 3 is 2.53 bits per heavy atom. The second-order valence-corrected chi connectivity index (χ2v) is 3.87. The average molecular weight is 233 g/mol. The quantitative estimate of drug-likeness (QED) is 0.786. The van der Waals surface area contributed by atoms with E-state index in [1.54, 1.807) is 12.1 Å². The largest absolute Gasteiger partial charge is 0.299 e. The number of aromatic nitrogens is 1. The van der Waals surface area contributed by atoms with Crippen molar-refractivity contribution in [1.29, 1.82) is 0 Å². The van der Waals surface area contributed by atoms with Crippen LogP contribution >= 0.6 is 0 Å². The second kappa shape index (κ2) is 4.62. The van der Waals surface area contributed by atoms with Gasteiger partial charge in [0.05, 0.1) is 0 Å². The van der Waals surface area contributed by atoms with Crippen LogP contribution in [-0.2, 0) is 12.3 Å². The Bertz CT molecular complexity index is 495. The SMILES string of the molecule is CCc1cccc(C(F)(F)c2cccnc2)c1. The van der Waals surface area contributed by atoms with Gasteiger partial charge in [-0.2, -0.15) is 8.78 Å². The molecular weight excluding hydrogens is 220 g/mol. The lowest BCUT2D eigenvalue weighted by Crippen LogP contribution is -2.15. The minimum atomic E-state index is -2.99. The maximum Gasteiger partial charge on any atom is 0.299 e. The van der Waals surface area contributed by atoms with Crippen LogP contribution in [0.2, 0.25) is 0 Å². The first-order valence-electron chi connectivity index (χ1n) is 5.52. The van der Waals surface area contributed by atoms with Gasteiger partial charge in [-0.15, -0.1) is 0 Å². The van der Waals surface area contributed by atoms with E-state index in [-0.39, 0.29) is 11.1 Å². The summed E-state index contributed by atoms with van der Waals surface area (Å²) >= 11 is 0. The summed E-state index contributed by atoms with van der Waals surface area (Å²) in [6.45, 7) is 1.95. The van der Waals surface area contributed by atoms with Gasteiger partial charge in [-0.1, -0.05) is 25.1 Å². The molecule has 0 bridgehead atoms. The Kier molecular flexibility index (Phi) is 3.18. The molecule has 0 spiro atoms. The van der Waals surface area contributed by atoms with Gasteiger partial charge >= 0.3 is 0 Å². The number of rotatable bonds is 3. The molecule has 17 heavy (non-hydrogen) atoms. The molecule has 88 valence electrons. The van der Waals surface area contributed by atoms with E-state index < -0.39 is 5.92 Å². The molecule has 1 nitrogen and oxygen atoms in total. The van der Waals surface area contributed by atoms with Gasteiger partial charge in [0.1, 0.15) is 0 Å². The molecule has 1 aromatic carbocycles. The van der Waals surface area contributed by atoms with Crippen LogP contribution in [0.1, 0.15) is 23.6 Å². The van der Waals surface area contributed by atoms with Crippen molar-refractivity contribution in [3.8, 4) is 0 Å². The Labute approximate surface area is 99.1 Å². The highest BCUT2D eigenvalue weighted by Gasteiger charge is 2.34. The van der Waals surface area contributed by atoms with E-state index in [1.165, 1.54) is 30.6 Å². The lowest BCUT2D eigenvalue weighted by atomic mass is 9.99. The first-order chi connectivity index (χ1) is 8.14. The number of hydrogen-bond acceptors (Lipinski definition) is 1. The molecule has 0 aliphatic heterocycles. The van der Waals surface area contributed by atoms with Crippen molar-refractivity contribution in [2.45, 2.75) is 19.3 Å². The molecular formula is C14H13F2N. The molecule has 1 heterocycles. The summed E-state index contributed by atoms with van der Waals surface area (Å²) in [5, 5.41) is 0. The Hall–Kier alpha value is -1.77. The van der Waals surface area contributed by atoms with Crippen molar-refractivity contribution >= 4 is 0 Å². The van der Waals surface area contributed by atoms with Crippen molar-refractivity contribution in [3.63, 3.8) is 0 Å². The summed E-state index contributed by atoms with van der Waals surface area (Å²) in [5.74, 6) is -2.99. The standard InChI is InChI=1S/C14H13F2N/c1-2-11-5-3-6-12(9-11)14(15,16)13-7-4-8-17-10-13/h3-10H,2H2,1H3. The van der Waals surface area contributed by atoms with E-state index in [2.05, 4.69) is 4.98 Å². The van der Waals surface area contributed by atoms with Crippen LogP contribution in [0.5, 0.6) is 0 Å². The van der Waals surface area contributed by atoms with Gasteiger partial charge in [0, 0.05) is 23.5 Å². The fourth-order valence-electron chi connectivity index (χ4n) is 1.70. The summed E-state index contributed by atoms with van der Waals surface area (Å²) in [5.41, 5.74) is 0.851. The fourth-order valence-corrected chi connectivity index (χ4v) is 1.70. The monoisotopic (exact) mass is 233 g/mol. The van der Waals surface area contributed by atoms with Crippen molar-refractivity contribution in [2.75, 3.05) is 0 Å². The first-order valence-corrected chi connectivity index (χ1v) is 5.52. The number of nitrogens with zero attached hydrogens (tertiary/aromatic N) is 1. The van der Waals surface area contributed by atoms with Crippen LogP contribution in [-0.4, -0.2) is 4.98 Å². The van der Waals surface area contributed by atoms with Crippen LogP contribution < -0.4 is 0 Å². The zero-order valence-corrected chi connectivity index (χ0v) is 9.53. The van der Waals surface area contributed by atoms with Gasteiger partial charge < -0.3 is 0 Å². The maximum atomic E-state index is 14.2. The van der Waals surface area contributed by atoms with Crippen LogP contribution in [0, 0.1) is 0 Å². The molecule has 0 saturated carbocycles. The summed E-state index contributed by atoms with van der Waals surface area (Å²) in [4.78, 5) is 3.74. The van der Waals surface area contributed by atoms with E-state index in [1.807, 2.05) is 13.0 Å². The molecule has 0 aliphatic rings. The number of alkyl halides is 2. The fraction of sp³-hybridized carbons (Fsp3) is 0.214. The molecule has 0 fully saturated rings. The first kappa shape index (κ1) is 11.7. The minimum absolute atomic E-state index is 0.0184. The van der Waals surface area contributed by atoms with Gasteiger partial charge in [-0.25, -0.2) is 0 Å². The normalized spacial score (nSPS) is 11.5. The lowest BCUT2D eigenvalue weighted by molar-refractivity contribution is 0.0424. The molecule has 2 aromatic rings. The van der Waals surface area contributed by atoms with Crippen molar-refractivity contribution < 1.29 is 8.78 Å². The molecule has 1 aromatic heterocycles. The summed E-state index contributed by atoms with van der Waals surface area (Å²) in [6, 6.07) is 9.43. The number of halogens is 2.